The summed E-state index contributed by atoms with van der Waals surface area (Å²) in [6.45, 7) is 0.720. The summed E-state index contributed by atoms with van der Waals surface area (Å²) >= 11 is 3.26. The SMILES string of the molecule is COC(=O)[C@H](C)NP(=O)(OC[C@@H]1O[C@H](n2cc(F)c(N)nc2=O)C=C1F)Oc1ccc(Br)cc1. The molecular formula is C19H20BrF2N4O7P. The normalized spacial score (nSPS) is 20.3. The first-order valence-electron chi connectivity index (χ1n) is 9.63. The van der Waals surface area contributed by atoms with Gasteiger partial charge < -0.3 is 19.7 Å². The van der Waals surface area contributed by atoms with Crippen LogP contribution in [0.3, 0.4) is 0 Å². The molecule has 0 amide bonds. The lowest BCUT2D eigenvalue weighted by Crippen LogP contribution is -2.35. The van der Waals surface area contributed by atoms with Crippen molar-refractivity contribution in [3.63, 3.8) is 0 Å². The average molecular weight is 565 g/mol. The van der Waals surface area contributed by atoms with Gasteiger partial charge in [0.1, 0.15) is 23.7 Å². The number of hydrogen-bond acceptors (Lipinski definition) is 9. The van der Waals surface area contributed by atoms with Gasteiger partial charge >= 0.3 is 19.4 Å². The summed E-state index contributed by atoms with van der Waals surface area (Å²) < 4.78 is 63.8. The number of nitrogens with zero attached hydrogens (tertiary/aromatic N) is 2. The quantitative estimate of drug-likeness (QED) is 0.344. The van der Waals surface area contributed by atoms with Crippen molar-refractivity contribution in [2.24, 2.45) is 0 Å². The predicted octanol–water partition coefficient (Wildman–Crippen LogP) is 2.83. The molecule has 3 rings (SSSR count). The minimum atomic E-state index is -4.27. The summed E-state index contributed by atoms with van der Waals surface area (Å²) in [7, 11) is -3.13. The molecule has 2 heterocycles. The van der Waals surface area contributed by atoms with Crippen LogP contribution in [0.25, 0.3) is 0 Å². The van der Waals surface area contributed by atoms with Crippen molar-refractivity contribution in [1.82, 2.24) is 14.6 Å². The van der Waals surface area contributed by atoms with Gasteiger partial charge in [-0.05, 0) is 37.3 Å². The van der Waals surface area contributed by atoms with Gasteiger partial charge in [0.15, 0.2) is 17.9 Å². The number of rotatable bonds is 9. The minimum absolute atomic E-state index is 0.132. The number of carbonyl (C=O) groups excluding carboxylic acids is 1. The monoisotopic (exact) mass is 564 g/mol. The highest BCUT2D eigenvalue weighted by molar-refractivity contribution is 9.10. The van der Waals surface area contributed by atoms with Gasteiger partial charge in [-0.2, -0.15) is 10.1 Å². The van der Waals surface area contributed by atoms with E-state index in [1.807, 2.05) is 0 Å². The number of halogens is 3. The van der Waals surface area contributed by atoms with Crippen molar-refractivity contribution in [1.29, 1.82) is 0 Å². The van der Waals surface area contributed by atoms with Gasteiger partial charge in [-0.1, -0.05) is 15.9 Å². The van der Waals surface area contributed by atoms with Gasteiger partial charge in [0.05, 0.1) is 19.9 Å². The zero-order valence-corrected chi connectivity index (χ0v) is 20.3. The summed E-state index contributed by atoms with van der Waals surface area (Å²) in [5.74, 6) is -3.09. The van der Waals surface area contributed by atoms with E-state index in [0.717, 1.165) is 23.9 Å². The molecule has 11 nitrogen and oxygen atoms in total. The maximum atomic E-state index is 14.5. The lowest BCUT2D eigenvalue weighted by atomic mass is 10.3. The number of hydrogen-bond donors (Lipinski definition) is 2. The van der Waals surface area contributed by atoms with E-state index in [-0.39, 0.29) is 5.75 Å². The molecule has 0 saturated carbocycles. The van der Waals surface area contributed by atoms with Crippen LogP contribution in [-0.2, 0) is 23.4 Å². The van der Waals surface area contributed by atoms with Crippen LogP contribution < -0.4 is 21.0 Å². The molecule has 0 bridgehead atoms. The van der Waals surface area contributed by atoms with Crippen LogP contribution >= 0.6 is 23.7 Å². The molecule has 4 atom stereocenters. The number of nitrogen functional groups attached to an aromatic ring is 1. The van der Waals surface area contributed by atoms with Crippen LogP contribution in [0.2, 0.25) is 0 Å². The van der Waals surface area contributed by atoms with E-state index in [0.29, 0.717) is 4.57 Å². The van der Waals surface area contributed by atoms with Crippen molar-refractivity contribution in [3.8, 4) is 5.75 Å². The third kappa shape index (κ3) is 6.27. The topological polar surface area (TPSA) is 144 Å². The average Bonchev–Trinajstić information content (AvgIpc) is 3.16. The molecule has 1 aromatic heterocycles. The van der Waals surface area contributed by atoms with Crippen LogP contribution in [0.4, 0.5) is 14.6 Å². The molecule has 15 heteroatoms. The molecule has 0 radical (unpaired) electrons. The van der Waals surface area contributed by atoms with Crippen LogP contribution in [0.15, 0.2) is 51.6 Å². The number of nitrogens with two attached hydrogens (primary N) is 1. The highest BCUT2D eigenvalue weighted by Crippen LogP contribution is 2.46. The fraction of sp³-hybridized carbons (Fsp3) is 0.316. The number of benzene rings is 1. The minimum Gasteiger partial charge on any atom is -0.468 e. The highest BCUT2D eigenvalue weighted by Gasteiger charge is 2.36. The fourth-order valence-corrected chi connectivity index (χ4v) is 4.53. The second-order valence-corrected chi connectivity index (χ2v) is 9.55. The van der Waals surface area contributed by atoms with Crippen LogP contribution in [0.5, 0.6) is 5.75 Å². The first-order valence-corrected chi connectivity index (χ1v) is 12.0. The van der Waals surface area contributed by atoms with Crippen molar-refractivity contribution in [3.05, 3.63) is 63.1 Å². The van der Waals surface area contributed by atoms with Gasteiger partial charge in [-0.25, -0.2) is 18.1 Å². The first-order chi connectivity index (χ1) is 16.0. The van der Waals surface area contributed by atoms with Gasteiger partial charge in [0.25, 0.3) is 0 Å². The smallest absolute Gasteiger partial charge is 0.459 e. The Hall–Kier alpha value is -2.64. The molecule has 1 unspecified atom stereocenters. The lowest BCUT2D eigenvalue weighted by Gasteiger charge is -2.24. The zero-order valence-electron chi connectivity index (χ0n) is 17.8. The van der Waals surface area contributed by atoms with Crippen LogP contribution in [-0.4, -0.2) is 41.4 Å². The van der Waals surface area contributed by atoms with Gasteiger partial charge in [-0.3, -0.25) is 13.9 Å². The second-order valence-electron chi connectivity index (χ2n) is 6.94. The number of ether oxygens (including phenoxy) is 2. The van der Waals surface area contributed by atoms with E-state index >= 15 is 0 Å². The zero-order chi connectivity index (χ0) is 25.0. The summed E-state index contributed by atoms with van der Waals surface area (Å²) in [6, 6.07) is 5.11. The molecule has 1 aromatic carbocycles. The molecule has 0 fully saturated rings. The Kier molecular flexibility index (Phi) is 8.21. The van der Waals surface area contributed by atoms with Gasteiger partial charge in [0.2, 0.25) is 0 Å². The Bertz CT molecular complexity index is 1190. The Morgan fingerprint density at radius 3 is 2.71 bits per heavy atom. The van der Waals surface area contributed by atoms with E-state index in [1.165, 1.54) is 19.1 Å². The summed E-state index contributed by atoms with van der Waals surface area (Å²) in [6.07, 6.45) is -1.15. The summed E-state index contributed by atoms with van der Waals surface area (Å²) in [5.41, 5.74) is 4.28. The molecule has 3 N–H and O–H groups in total. The molecule has 1 aliphatic heterocycles. The van der Waals surface area contributed by atoms with Crippen molar-refractivity contribution >= 4 is 35.5 Å². The Morgan fingerprint density at radius 1 is 1.38 bits per heavy atom. The third-order valence-corrected chi connectivity index (χ3v) is 6.64. The third-order valence-electron chi connectivity index (χ3n) is 4.46. The highest BCUT2D eigenvalue weighted by atomic mass is 79.9. The van der Waals surface area contributed by atoms with E-state index in [1.54, 1.807) is 12.1 Å². The van der Waals surface area contributed by atoms with E-state index < -0.39 is 61.8 Å². The molecule has 184 valence electrons. The van der Waals surface area contributed by atoms with Crippen LogP contribution in [0.1, 0.15) is 13.2 Å². The molecule has 34 heavy (non-hydrogen) atoms. The van der Waals surface area contributed by atoms with E-state index in [9.17, 15) is 22.9 Å². The summed E-state index contributed by atoms with van der Waals surface area (Å²) in [4.78, 5) is 27.0. The molecule has 0 saturated heterocycles. The maximum absolute atomic E-state index is 14.5. The molecular weight excluding hydrogens is 545 g/mol. The van der Waals surface area contributed by atoms with Gasteiger partial charge in [0, 0.05) is 4.47 Å². The number of carbonyl (C=O) groups is 1. The Morgan fingerprint density at radius 2 is 2.06 bits per heavy atom. The first kappa shape index (κ1) is 26.0. The number of esters is 1. The molecule has 0 aliphatic carbocycles. The summed E-state index contributed by atoms with van der Waals surface area (Å²) in [5, 5.41) is 2.41. The van der Waals surface area contributed by atoms with Crippen molar-refractivity contribution in [2.75, 3.05) is 19.5 Å². The van der Waals surface area contributed by atoms with Crippen molar-refractivity contribution in [2.45, 2.75) is 25.3 Å². The van der Waals surface area contributed by atoms with Crippen LogP contribution in [0, 0.1) is 5.82 Å². The number of anilines is 1. The Labute approximate surface area is 200 Å². The molecule has 0 spiro atoms. The van der Waals surface area contributed by atoms with Gasteiger partial charge in [-0.15, -0.1) is 0 Å². The number of methoxy groups -OCH3 is 1. The Balaban J connectivity index is 1.75. The lowest BCUT2D eigenvalue weighted by molar-refractivity contribution is -0.142. The number of aromatic nitrogens is 2. The second kappa shape index (κ2) is 10.7. The molecule has 1 aliphatic rings. The van der Waals surface area contributed by atoms with Crippen molar-refractivity contribution < 1.29 is 36.7 Å². The number of nitrogens with one attached hydrogen (secondary N) is 1. The largest absolute Gasteiger partial charge is 0.468 e. The fourth-order valence-electron chi connectivity index (χ4n) is 2.78. The molecule has 2 aromatic rings. The van der Waals surface area contributed by atoms with E-state index in [4.69, 9.17) is 19.5 Å². The predicted molar refractivity (Wildman–Crippen MR) is 119 cm³/mol. The maximum Gasteiger partial charge on any atom is 0.459 e. The standard InChI is InChI=1S/C19H20BrF2N4O7P/c1-10(18(27)30-2)25-34(29,33-12-5-3-11(20)4-6-12)31-9-15-13(21)7-16(32-15)26-8-14(22)17(23)24-19(26)28/h3-8,10,15-16H,9H2,1-2H3,(H,25,29)(H2,23,24,28)/t10-,15-,16-,34?/m0/s1. The van der Waals surface area contributed by atoms with E-state index in [2.05, 4.69) is 30.7 Å².